The zero-order valence-electron chi connectivity index (χ0n) is 13.8. The molecule has 3 aliphatic rings. The molecule has 1 saturated heterocycles. The molecule has 0 aromatic rings. The molecule has 0 radical (unpaired) electrons. The second-order valence-corrected chi connectivity index (χ2v) is 7.74. The Bertz CT molecular complexity index is 325. The number of rotatable bonds is 8. The van der Waals surface area contributed by atoms with Gasteiger partial charge in [0.25, 0.3) is 0 Å². The van der Waals surface area contributed by atoms with Crippen molar-refractivity contribution in [3.05, 3.63) is 0 Å². The summed E-state index contributed by atoms with van der Waals surface area (Å²) in [5, 5.41) is 13.9. The summed E-state index contributed by atoms with van der Waals surface area (Å²) in [6.45, 7) is 5.91. The molecule has 2 saturated carbocycles. The molecule has 0 bridgehead atoms. The van der Waals surface area contributed by atoms with E-state index in [2.05, 4.69) is 17.1 Å². The SMILES string of the molecule is CCCNC(CO)(CN1CCCC1C1CCCC1)C1CC1. The van der Waals surface area contributed by atoms with Crippen molar-refractivity contribution in [2.24, 2.45) is 11.8 Å². The average Bonchev–Trinajstić information content (AvgIpc) is 3.04. The van der Waals surface area contributed by atoms with Crippen LogP contribution in [0.4, 0.5) is 0 Å². The number of hydrogen-bond donors (Lipinski definition) is 2. The molecule has 2 aliphatic carbocycles. The molecule has 2 unspecified atom stereocenters. The van der Waals surface area contributed by atoms with Crippen LogP contribution in [0.5, 0.6) is 0 Å². The van der Waals surface area contributed by atoms with Crippen LogP contribution in [-0.4, -0.2) is 47.8 Å². The highest BCUT2D eigenvalue weighted by molar-refractivity contribution is 5.04. The van der Waals surface area contributed by atoms with E-state index >= 15 is 0 Å². The Balaban J connectivity index is 1.65. The van der Waals surface area contributed by atoms with E-state index in [0.717, 1.165) is 31.5 Å². The molecule has 0 amide bonds. The molecule has 0 aromatic heterocycles. The van der Waals surface area contributed by atoms with E-state index in [9.17, 15) is 5.11 Å². The summed E-state index contributed by atoms with van der Waals surface area (Å²) in [4.78, 5) is 2.74. The number of nitrogens with zero attached hydrogens (tertiary/aromatic N) is 1. The van der Waals surface area contributed by atoms with Crippen LogP contribution in [0, 0.1) is 11.8 Å². The zero-order chi connectivity index (χ0) is 14.7. The van der Waals surface area contributed by atoms with Crippen molar-refractivity contribution in [3.8, 4) is 0 Å². The van der Waals surface area contributed by atoms with E-state index < -0.39 is 0 Å². The monoisotopic (exact) mass is 294 g/mol. The van der Waals surface area contributed by atoms with Crippen LogP contribution in [0.2, 0.25) is 0 Å². The summed E-state index contributed by atoms with van der Waals surface area (Å²) < 4.78 is 0. The molecule has 1 heterocycles. The zero-order valence-corrected chi connectivity index (χ0v) is 13.8. The van der Waals surface area contributed by atoms with Crippen LogP contribution in [0.1, 0.15) is 64.7 Å². The van der Waals surface area contributed by atoms with Gasteiger partial charge in [-0.05, 0) is 69.9 Å². The van der Waals surface area contributed by atoms with Crippen LogP contribution in [0.15, 0.2) is 0 Å². The molecule has 3 heteroatoms. The van der Waals surface area contributed by atoms with Crippen LogP contribution >= 0.6 is 0 Å². The van der Waals surface area contributed by atoms with Crippen molar-refractivity contribution in [1.29, 1.82) is 0 Å². The van der Waals surface area contributed by atoms with Crippen LogP contribution < -0.4 is 5.32 Å². The van der Waals surface area contributed by atoms with Gasteiger partial charge in [-0.15, -0.1) is 0 Å². The highest BCUT2D eigenvalue weighted by Crippen LogP contribution is 2.42. The third kappa shape index (κ3) is 3.46. The first-order valence-corrected chi connectivity index (χ1v) is 9.39. The van der Waals surface area contributed by atoms with E-state index in [1.807, 2.05) is 0 Å². The summed E-state index contributed by atoms with van der Waals surface area (Å²) in [6, 6.07) is 0.806. The summed E-state index contributed by atoms with van der Waals surface area (Å²) >= 11 is 0. The fourth-order valence-electron chi connectivity index (χ4n) is 4.86. The van der Waals surface area contributed by atoms with Crippen molar-refractivity contribution in [2.45, 2.75) is 76.3 Å². The Morgan fingerprint density at radius 2 is 1.86 bits per heavy atom. The maximum absolute atomic E-state index is 10.1. The van der Waals surface area contributed by atoms with Crippen molar-refractivity contribution < 1.29 is 5.11 Å². The predicted molar refractivity (Wildman–Crippen MR) is 87.4 cm³/mol. The van der Waals surface area contributed by atoms with Gasteiger partial charge in [-0.25, -0.2) is 0 Å². The van der Waals surface area contributed by atoms with Crippen LogP contribution in [-0.2, 0) is 0 Å². The van der Waals surface area contributed by atoms with Gasteiger partial charge in [0.15, 0.2) is 0 Å². The van der Waals surface area contributed by atoms with Gasteiger partial charge in [0, 0.05) is 12.6 Å². The normalized spacial score (nSPS) is 30.9. The summed E-state index contributed by atoms with van der Waals surface area (Å²) in [5.74, 6) is 1.65. The number of aliphatic hydroxyl groups excluding tert-OH is 1. The van der Waals surface area contributed by atoms with Crippen LogP contribution in [0.3, 0.4) is 0 Å². The smallest absolute Gasteiger partial charge is 0.0628 e. The Labute approximate surface area is 130 Å². The number of nitrogens with one attached hydrogen (secondary N) is 1. The Kier molecular flexibility index (Phi) is 5.23. The highest BCUT2D eigenvalue weighted by atomic mass is 16.3. The maximum atomic E-state index is 10.1. The lowest BCUT2D eigenvalue weighted by Crippen LogP contribution is -2.59. The number of hydrogen-bond acceptors (Lipinski definition) is 3. The first-order chi connectivity index (χ1) is 10.3. The molecule has 2 N–H and O–H groups in total. The minimum atomic E-state index is -0.0167. The highest BCUT2D eigenvalue weighted by Gasteiger charge is 2.47. The van der Waals surface area contributed by atoms with Gasteiger partial charge in [0.2, 0.25) is 0 Å². The van der Waals surface area contributed by atoms with Crippen molar-refractivity contribution in [3.63, 3.8) is 0 Å². The van der Waals surface area contributed by atoms with Crippen LogP contribution in [0.25, 0.3) is 0 Å². The molecule has 21 heavy (non-hydrogen) atoms. The molecule has 0 aromatic carbocycles. The first-order valence-electron chi connectivity index (χ1n) is 9.39. The Morgan fingerprint density at radius 1 is 1.10 bits per heavy atom. The third-order valence-electron chi connectivity index (χ3n) is 6.21. The number of likely N-dealkylation sites (tertiary alicyclic amines) is 1. The average molecular weight is 294 g/mol. The van der Waals surface area contributed by atoms with Crippen molar-refractivity contribution in [1.82, 2.24) is 10.2 Å². The summed E-state index contributed by atoms with van der Waals surface area (Å²) in [5.41, 5.74) is -0.0167. The molecule has 122 valence electrons. The lowest BCUT2D eigenvalue weighted by Gasteiger charge is -2.40. The topological polar surface area (TPSA) is 35.5 Å². The van der Waals surface area contributed by atoms with Gasteiger partial charge >= 0.3 is 0 Å². The Morgan fingerprint density at radius 3 is 2.48 bits per heavy atom. The quantitative estimate of drug-likeness (QED) is 0.722. The largest absolute Gasteiger partial charge is 0.394 e. The van der Waals surface area contributed by atoms with Gasteiger partial charge < -0.3 is 10.4 Å². The molecule has 3 nitrogen and oxygen atoms in total. The molecule has 0 spiro atoms. The van der Waals surface area contributed by atoms with E-state index in [-0.39, 0.29) is 5.54 Å². The van der Waals surface area contributed by atoms with Gasteiger partial charge in [0.1, 0.15) is 0 Å². The predicted octanol–water partition coefficient (Wildman–Crippen LogP) is 2.78. The molecule has 1 aliphatic heterocycles. The van der Waals surface area contributed by atoms with E-state index in [0.29, 0.717) is 12.5 Å². The fraction of sp³-hybridized carbons (Fsp3) is 1.00. The van der Waals surface area contributed by atoms with Gasteiger partial charge in [-0.3, -0.25) is 4.90 Å². The third-order valence-corrected chi connectivity index (χ3v) is 6.21. The molecular formula is C18H34N2O. The summed E-state index contributed by atoms with van der Waals surface area (Å²) in [7, 11) is 0. The minimum absolute atomic E-state index is 0.0167. The second kappa shape index (κ2) is 6.97. The Hall–Kier alpha value is -0.120. The fourth-order valence-corrected chi connectivity index (χ4v) is 4.86. The molecule has 2 atom stereocenters. The lowest BCUT2D eigenvalue weighted by molar-refractivity contribution is 0.0724. The first kappa shape index (κ1) is 15.8. The lowest BCUT2D eigenvalue weighted by atomic mass is 9.90. The number of aliphatic hydroxyl groups is 1. The van der Waals surface area contributed by atoms with Gasteiger partial charge in [-0.2, -0.15) is 0 Å². The maximum Gasteiger partial charge on any atom is 0.0628 e. The van der Waals surface area contributed by atoms with E-state index in [4.69, 9.17) is 0 Å². The van der Waals surface area contributed by atoms with E-state index in [1.54, 1.807) is 0 Å². The molecular weight excluding hydrogens is 260 g/mol. The molecule has 3 rings (SSSR count). The molecule has 3 fully saturated rings. The second-order valence-electron chi connectivity index (χ2n) is 7.74. The summed E-state index contributed by atoms with van der Waals surface area (Å²) in [6.07, 6.45) is 12.3. The van der Waals surface area contributed by atoms with Gasteiger partial charge in [-0.1, -0.05) is 19.8 Å². The van der Waals surface area contributed by atoms with Gasteiger partial charge in [0.05, 0.1) is 12.1 Å². The van der Waals surface area contributed by atoms with E-state index in [1.165, 1.54) is 57.9 Å². The van der Waals surface area contributed by atoms with Crippen molar-refractivity contribution >= 4 is 0 Å². The minimum Gasteiger partial charge on any atom is -0.394 e. The van der Waals surface area contributed by atoms with Crippen molar-refractivity contribution in [2.75, 3.05) is 26.2 Å². The standard InChI is InChI=1S/C18H34N2O/c1-2-11-19-18(14-21,16-9-10-16)13-20-12-5-8-17(20)15-6-3-4-7-15/h15-17,19,21H,2-14H2,1H3.